The number of aryl methyl sites for hydroxylation is 1. The molecule has 0 saturated carbocycles. The standard InChI is InChI=1S/C13H17N3OS/c1-9-6-4-5-7-11(9)10(2)18-13-15-14-12(8-17)16(13)3/h4-7,10,17H,8H2,1-3H3. The molecule has 2 aromatic rings. The Morgan fingerprint density at radius 2 is 2.06 bits per heavy atom. The summed E-state index contributed by atoms with van der Waals surface area (Å²) in [6.45, 7) is 4.19. The van der Waals surface area contributed by atoms with Gasteiger partial charge in [-0.1, -0.05) is 36.0 Å². The fourth-order valence-electron chi connectivity index (χ4n) is 1.85. The third-order valence-electron chi connectivity index (χ3n) is 2.98. The number of hydrogen-bond acceptors (Lipinski definition) is 4. The Hall–Kier alpha value is -1.33. The van der Waals surface area contributed by atoms with Crippen LogP contribution < -0.4 is 0 Å². The van der Waals surface area contributed by atoms with E-state index in [1.807, 2.05) is 17.7 Å². The van der Waals surface area contributed by atoms with E-state index in [1.165, 1.54) is 11.1 Å². The van der Waals surface area contributed by atoms with Crippen LogP contribution in [0.2, 0.25) is 0 Å². The quantitative estimate of drug-likeness (QED) is 0.861. The summed E-state index contributed by atoms with van der Waals surface area (Å²) in [4.78, 5) is 0. The van der Waals surface area contributed by atoms with Crippen LogP contribution in [-0.4, -0.2) is 19.9 Å². The Bertz CT molecular complexity index is 539. The number of rotatable bonds is 4. The van der Waals surface area contributed by atoms with Crippen molar-refractivity contribution >= 4 is 11.8 Å². The molecule has 1 N–H and O–H groups in total. The van der Waals surface area contributed by atoms with Crippen LogP contribution in [0.3, 0.4) is 0 Å². The lowest BCUT2D eigenvalue weighted by Crippen LogP contribution is -2.00. The van der Waals surface area contributed by atoms with E-state index in [-0.39, 0.29) is 6.61 Å². The largest absolute Gasteiger partial charge is 0.388 e. The van der Waals surface area contributed by atoms with E-state index in [0.717, 1.165) is 5.16 Å². The Kier molecular flexibility index (Phi) is 4.04. The molecule has 0 aliphatic carbocycles. The summed E-state index contributed by atoms with van der Waals surface area (Å²) in [7, 11) is 1.87. The van der Waals surface area contributed by atoms with E-state index >= 15 is 0 Å². The fourth-order valence-corrected chi connectivity index (χ4v) is 2.91. The van der Waals surface area contributed by atoms with Gasteiger partial charge in [-0.25, -0.2) is 0 Å². The van der Waals surface area contributed by atoms with Crippen LogP contribution in [0.4, 0.5) is 0 Å². The smallest absolute Gasteiger partial charge is 0.191 e. The average Bonchev–Trinajstić information content (AvgIpc) is 2.71. The van der Waals surface area contributed by atoms with Gasteiger partial charge in [0.1, 0.15) is 6.61 Å². The lowest BCUT2D eigenvalue weighted by Gasteiger charge is -2.13. The number of aliphatic hydroxyl groups is 1. The van der Waals surface area contributed by atoms with Gasteiger partial charge in [0.25, 0.3) is 0 Å². The second-order valence-electron chi connectivity index (χ2n) is 4.23. The molecule has 0 bridgehead atoms. The van der Waals surface area contributed by atoms with Crippen molar-refractivity contribution < 1.29 is 5.11 Å². The van der Waals surface area contributed by atoms with Crippen LogP contribution in [0.25, 0.3) is 0 Å². The summed E-state index contributed by atoms with van der Waals surface area (Å²) in [5.74, 6) is 0.592. The van der Waals surface area contributed by atoms with Gasteiger partial charge in [-0.2, -0.15) is 0 Å². The summed E-state index contributed by atoms with van der Waals surface area (Å²) in [6.07, 6.45) is 0. The Morgan fingerprint density at radius 1 is 1.33 bits per heavy atom. The van der Waals surface area contributed by atoms with Crippen LogP contribution in [0.1, 0.15) is 29.1 Å². The summed E-state index contributed by atoms with van der Waals surface area (Å²) in [5, 5.41) is 18.3. The van der Waals surface area contributed by atoms with E-state index in [0.29, 0.717) is 11.1 Å². The minimum absolute atomic E-state index is 0.0805. The Morgan fingerprint density at radius 3 is 2.67 bits per heavy atom. The van der Waals surface area contributed by atoms with E-state index in [9.17, 15) is 0 Å². The van der Waals surface area contributed by atoms with Crippen molar-refractivity contribution in [2.45, 2.75) is 30.9 Å². The molecule has 4 nitrogen and oxygen atoms in total. The lowest BCUT2D eigenvalue weighted by molar-refractivity contribution is 0.266. The van der Waals surface area contributed by atoms with Gasteiger partial charge in [0, 0.05) is 12.3 Å². The van der Waals surface area contributed by atoms with Gasteiger partial charge < -0.3 is 9.67 Å². The molecule has 96 valence electrons. The maximum Gasteiger partial charge on any atom is 0.191 e. The highest BCUT2D eigenvalue weighted by Gasteiger charge is 2.14. The predicted octanol–water partition coefficient (Wildman–Crippen LogP) is 2.47. The molecular formula is C13H17N3OS. The highest BCUT2D eigenvalue weighted by atomic mass is 32.2. The lowest BCUT2D eigenvalue weighted by atomic mass is 10.1. The van der Waals surface area contributed by atoms with Crippen molar-refractivity contribution in [1.82, 2.24) is 14.8 Å². The van der Waals surface area contributed by atoms with Crippen LogP contribution in [0, 0.1) is 6.92 Å². The molecule has 0 aliphatic rings. The highest BCUT2D eigenvalue weighted by molar-refractivity contribution is 7.99. The van der Waals surface area contributed by atoms with Crippen molar-refractivity contribution in [3.8, 4) is 0 Å². The minimum Gasteiger partial charge on any atom is -0.388 e. The summed E-state index contributed by atoms with van der Waals surface area (Å²) in [5.41, 5.74) is 2.58. The van der Waals surface area contributed by atoms with Gasteiger partial charge in [0.2, 0.25) is 0 Å². The summed E-state index contributed by atoms with van der Waals surface area (Å²) >= 11 is 1.65. The van der Waals surface area contributed by atoms with Gasteiger partial charge in [-0.15, -0.1) is 10.2 Å². The maximum absolute atomic E-state index is 9.09. The molecule has 1 unspecified atom stereocenters. The molecule has 1 atom stereocenters. The highest BCUT2D eigenvalue weighted by Crippen LogP contribution is 2.34. The normalized spacial score (nSPS) is 12.7. The van der Waals surface area contributed by atoms with Crippen LogP contribution in [-0.2, 0) is 13.7 Å². The van der Waals surface area contributed by atoms with E-state index in [4.69, 9.17) is 5.11 Å². The van der Waals surface area contributed by atoms with Crippen molar-refractivity contribution in [2.24, 2.45) is 7.05 Å². The number of aliphatic hydroxyl groups excluding tert-OH is 1. The number of aromatic nitrogens is 3. The molecule has 0 radical (unpaired) electrons. The molecular weight excluding hydrogens is 246 g/mol. The van der Waals surface area contributed by atoms with E-state index < -0.39 is 0 Å². The van der Waals surface area contributed by atoms with Crippen molar-refractivity contribution in [3.63, 3.8) is 0 Å². The first-order valence-corrected chi connectivity index (χ1v) is 6.72. The van der Waals surface area contributed by atoms with Crippen molar-refractivity contribution in [2.75, 3.05) is 0 Å². The van der Waals surface area contributed by atoms with Crippen LogP contribution >= 0.6 is 11.8 Å². The average molecular weight is 263 g/mol. The third kappa shape index (κ3) is 2.57. The molecule has 1 aromatic carbocycles. The van der Waals surface area contributed by atoms with Gasteiger partial charge in [-0.3, -0.25) is 0 Å². The molecule has 1 heterocycles. The third-order valence-corrected chi connectivity index (χ3v) is 4.15. The molecule has 0 saturated heterocycles. The van der Waals surface area contributed by atoms with Gasteiger partial charge in [0.15, 0.2) is 11.0 Å². The minimum atomic E-state index is -0.0805. The molecule has 1 aromatic heterocycles. The summed E-state index contributed by atoms with van der Waals surface area (Å²) < 4.78 is 1.83. The maximum atomic E-state index is 9.09. The molecule has 2 rings (SSSR count). The van der Waals surface area contributed by atoms with Gasteiger partial charge >= 0.3 is 0 Å². The first-order valence-electron chi connectivity index (χ1n) is 5.84. The molecule has 0 aliphatic heterocycles. The molecule has 0 fully saturated rings. The van der Waals surface area contributed by atoms with Gasteiger partial charge in [-0.05, 0) is 25.0 Å². The number of thioether (sulfide) groups is 1. The van der Waals surface area contributed by atoms with Gasteiger partial charge in [0.05, 0.1) is 0 Å². The second kappa shape index (κ2) is 5.54. The topological polar surface area (TPSA) is 50.9 Å². The summed E-state index contributed by atoms with van der Waals surface area (Å²) in [6, 6.07) is 8.34. The first kappa shape index (κ1) is 13.1. The van der Waals surface area contributed by atoms with E-state index in [2.05, 4.69) is 42.2 Å². The second-order valence-corrected chi connectivity index (χ2v) is 5.54. The predicted molar refractivity (Wildman–Crippen MR) is 72.4 cm³/mol. The Balaban J connectivity index is 2.19. The zero-order chi connectivity index (χ0) is 13.1. The molecule has 5 heteroatoms. The van der Waals surface area contributed by atoms with Crippen molar-refractivity contribution in [1.29, 1.82) is 0 Å². The van der Waals surface area contributed by atoms with Crippen LogP contribution in [0.15, 0.2) is 29.4 Å². The van der Waals surface area contributed by atoms with Crippen LogP contribution in [0.5, 0.6) is 0 Å². The number of benzene rings is 1. The Labute approximate surface area is 111 Å². The number of hydrogen-bond donors (Lipinski definition) is 1. The molecule has 0 spiro atoms. The molecule has 0 amide bonds. The zero-order valence-electron chi connectivity index (χ0n) is 10.8. The van der Waals surface area contributed by atoms with E-state index in [1.54, 1.807) is 11.8 Å². The zero-order valence-corrected chi connectivity index (χ0v) is 11.6. The fraction of sp³-hybridized carbons (Fsp3) is 0.385. The number of nitrogens with zero attached hydrogens (tertiary/aromatic N) is 3. The molecule has 18 heavy (non-hydrogen) atoms. The monoisotopic (exact) mass is 263 g/mol. The first-order chi connectivity index (χ1) is 8.63. The van der Waals surface area contributed by atoms with Crippen molar-refractivity contribution in [3.05, 3.63) is 41.2 Å². The SMILES string of the molecule is Cc1ccccc1C(C)Sc1nnc(CO)n1C.